The minimum atomic E-state index is -0.116. The van der Waals surface area contributed by atoms with E-state index < -0.39 is 0 Å². The van der Waals surface area contributed by atoms with Gasteiger partial charge < -0.3 is 29.1 Å². The summed E-state index contributed by atoms with van der Waals surface area (Å²) in [4.78, 5) is 17.9. The maximum absolute atomic E-state index is 13.8. The molecule has 0 aliphatic carbocycles. The first-order valence-electron chi connectivity index (χ1n) is 11.9. The van der Waals surface area contributed by atoms with Gasteiger partial charge in [-0.2, -0.15) is 0 Å². The molecule has 3 heterocycles. The van der Waals surface area contributed by atoms with Gasteiger partial charge in [0.05, 0.1) is 25.8 Å². The average Bonchev–Trinajstić information content (AvgIpc) is 3.55. The van der Waals surface area contributed by atoms with E-state index in [1.54, 1.807) is 25.3 Å². The zero-order valence-electron chi connectivity index (χ0n) is 19.8. The molecular formula is C28H28N2O5. The second-order valence-corrected chi connectivity index (χ2v) is 9.33. The highest BCUT2D eigenvalue weighted by Gasteiger charge is 2.47. The molecule has 3 aromatic rings. The maximum atomic E-state index is 13.8. The molecule has 3 aliphatic heterocycles. The lowest BCUT2D eigenvalue weighted by atomic mass is 9.81. The number of carbonyl (C=O) groups excluding carboxylic acids is 1. The fourth-order valence-electron chi connectivity index (χ4n) is 5.84. The van der Waals surface area contributed by atoms with E-state index in [2.05, 4.69) is 23.1 Å². The van der Waals surface area contributed by atoms with Gasteiger partial charge in [-0.25, -0.2) is 0 Å². The van der Waals surface area contributed by atoms with Crippen molar-refractivity contribution in [3.63, 3.8) is 0 Å². The molecule has 35 heavy (non-hydrogen) atoms. The van der Waals surface area contributed by atoms with Crippen molar-refractivity contribution in [3.8, 4) is 28.4 Å². The summed E-state index contributed by atoms with van der Waals surface area (Å²) >= 11 is 0. The fraction of sp³-hybridized carbons (Fsp3) is 0.321. The molecule has 0 spiro atoms. The number of fused-ring (bicyclic) bond motifs is 4. The highest BCUT2D eigenvalue weighted by Crippen LogP contribution is 2.50. The molecule has 0 saturated carbocycles. The van der Waals surface area contributed by atoms with Crippen molar-refractivity contribution in [1.82, 2.24) is 4.90 Å². The van der Waals surface area contributed by atoms with Crippen LogP contribution in [0.15, 0.2) is 60.7 Å². The number of likely N-dealkylation sites (tertiary alicyclic amines) is 1. The quantitative estimate of drug-likeness (QED) is 0.616. The molecule has 0 aromatic heterocycles. The van der Waals surface area contributed by atoms with Crippen LogP contribution in [0.5, 0.6) is 17.2 Å². The third kappa shape index (κ3) is 3.49. The van der Waals surface area contributed by atoms with Gasteiger partial charge in [-0.05, 0) is 65.6 Å². The van der Waals surface area contributed by atoms with E-state index in [1.165, 1.54) is 0 Å². The van der Waals surface area contributed by atoms with E-state index in [9.17, 15) is 9.90 Å². The van der Waals surface area contributed by atoms with Gasteiger partial charge in [0.2, 0.25) is 6.79 Å². The minimum Gasteiger partial charge on any atom is -0.497 e. The molecule has 180 valence electrons. The standard InChI is InChI=1S/C28H28N2O5/c1-29-23-9-5-18(17-3-7-20(33-2)8-4-17)13-22(23)27-21(24(29)15-31)11-12-30(27)28(32)19-6-10-25-26(14-19)35-16-34-25/h3-10,13-14,21,24,27,31H,11-12,15-16H2,1-2H3/t21-,24+,27-/m0/s1. The van der Waals surface area contributed by atoms with Crippen LogP contribution in [0.25, 0.3) is 11.1 Å². The van der Waals surface area contributed by atoms with Crippen molar-refractivity contribution in [2.24, 2.45) is 5.92 Å². The van der Waals surface area contributed by atoms with E-state index in [0.29, 0.717) is 23.6 Å². The Hall–Kier alpha value is -3.71. The number of nitrogens with zero attached hydrogens (tertiary/aromatic N) is 2. The molecule has 0 radical (unpaired) electrons. The number of methoxy groups -OCH3 is 1. The molecule has 3 aliphatic rings. The van der Waals surface area contributed by atoms with Crippen LogP contribution in [0, 0.1) is 5.92 Å². The van der Waals surface area contributed by atoms with Crippen LogP contribution < -0.4 is 19.1 Å². The fourth-order valence-corrected chi connectivity index (χ4v) is 5.84. The highest BCUT2D eigenvalue weighted by molar-refractivity contribution is 5.95. The van der Waals surface area contributed by atoms with Gasteiger partial charge in [-0.15, -0.1) is 0 Å². The normalized spacial score (nSPS) is 22.1. The number of hydrogen-bond donors (Lipinski definition) is 1. The first kappa shape index (κ1) is 21.8. The summed E-state index contributed by atoms with van der Waals surface area (Å²) in [6.45, 7) is 0.857. The minimum absolute atomic E-state index is 0.0298. The molecule has 7 nitrogen and oxygen atoms in total. The number of aliphatic hydroxyl groups excluding tert-OH is 1. The Balaban J connectivity index is 1.41. The Morgan fingerprint density at radius 2 is 1.80 bits per heavy atom. The Labute approximate surface area is 204 Å². The van der Waals surface area contributed by atoms with Gasteiger partial charge in [0.25, 0.3) is 5.91 Å². The molecule has 0 bridgehead atoms. The van der Waals surface area contributed by atoms with E-state index in [1.807, 2.05) is 36.2 Å². The SMILES string of the molecule is COc1ccc(-c2ccc3c(c2)[C@@H]2[C@@H](CCN2C(=O)c2ccc4c(c2)OCO4)[C@@H](CO)N3C)cc1. The average molecular weight is 473 g/mol. The van der Waals surface area contributed by atoms with Crippen LogP contribution in [0.3, 0.4) is 0 Å². The van der Waals surface area contributed by atoms with Crippen LogP contribution in [0.2, 0.25) is 0 Å². The van der Waals surface area contributed by atoms with Crippen molar-refractivity contribution in [1.29, 1.82) is 0 Å². The number of carbonyl (C=O) groups is 1. The zero-order chi connectivity index (χ0) is 24.1. The van der Waals surface area contributed by atoms with Gasteiger partial charge in [-0.3, -0.25) is 4.79 Å². The number of amides is 1. The largest absolute Gasteiger partial charge is 0.497 e. The summed E-state index contributed by atoms with van der Waals surface area (Å²) in [5.74, 6) is 2.19. The molecule has 1 fully saturated rings. The Morgan fingerprint density at radius 1 is 1.03 bits per heavy atom. The molecule has 3 aromatic carbocycles. The molecule has 0 unspecified atom stereocenters. The first-order valence-corrected chi connectivity index (χ1v) is 11.9. The number of anilines is 1. The molecular weight excluding hydrogens is 444 g/mol. The summed E-state index contributed by atoms with van der Waals surface area (Å²) in [5, 5.41) is 10.3. The van der Waals surface area contributed by atoms with Crippen molar-refractivity contribution >= 4 is 11.6 Å². The van der Waals surface area contributed by atoms with Crippen molar-refractivity contribution in [3.05, 3.63) is 71.8 Å². The topological polar surface area (TPSA) is 71.5 Å². The van der Waals surface area contributed by atoms with Crippen LogP contribution in [0.1, 0.15) is 28.4 Å². The van der Waals surface area contributed by atoms with Crippen LogP contribution >= 0.6 is 0 Å². The lowest BCUT2D eigenvalue weighted by molar-refractivity contribution is 0.0693. The second kappa shape index (κ2) is 8.50. The van der Waals surface area contributed by atoms with E-state index in [4.69, 9.17) is 14.2 Å². The lowest BCUT2D eigenvalue weighted by Crippen LogP contribution is -2.48. The summed E-state index contributed by atoms with van der Waals surface area (Å²) in [5.41, 5.74) is 4.92. The highest BCUT2D eigenvalue weighted by atomic mass is 16.7. The summed E-state index contributed by atoms with van der Waals surface area (Å²) < 4.78 is 16.2. The number of rotatable bonds is 4. The van der Waals surface area contributed by atoms with E-state index >= 15 is 0 Å². The third-order valence-electron chi connectivity index (χ3n) is 7.65. The molecule has 1 N–H and O–H groups in total. The molecule has 6 rings (SSSR count). The number of ether oxygens (including phenoxy) is 3. The second-order valence-electron chi connectivity index (χ2n) is 9.33. The molecule has 1 amide bonds. The smallest absolute Gasteiger partial charge is 0.254 e. The lowest BCUT2D eigenvalue weighted by Gasteiger charge is -2.44. The monoisotopic (exact) mass is 472 g/mol. The van der Waals surface area contributed by atoms with Crippen LogP contribution in [-0.4, -0.2) is 56.1 Å². The van der Waals surface area contributed by atoms with E-state index in [-0.39, 0.29) is 37.3 Å². The van der Waals surface area contributed by atoms with Crippen molar-refractivity contribution in [2.75, 3.05) is 39.0 Å². The Morgan fingerprint density at radius 3 is 2.57 bits per heavy atom. The van der Waals surface area contributed by atoms with Gasteiger partial charge in [0, 0.05) is 30.8 Å². The maximum Gasteiger partial charge on any atom is 0.254 e. The van der Waals surface area contributed by atoms with Crippen molar-refractivity contribution in [2.45, 2.75) is 18.5 Å². The third-order valence-corrected chi connectivity index (χ3v) is 7.65. The van der Waals surface area contributed by atoms with Gasteiger partial charge in [-0.1, -0.05) is 18.2 Å². The number of likely N-dealkylation sites (N-methyl/N-ethyl adjacent to an activating group) is 1. The predicted octanol–water partition coefficient (Wildman–Crippen LogP) is 4.11. The first-order chi connectivity index (χ1) is 17.1. The van der Waals surface area contributed by atoms with Gasteiger partial charge >= 0.3 is 0 Å². The number of benzene rings is 3. The zero-order valence-corrected chi connectivity index (χ0v) is 19.8. The van der Waals surface area contributed by atoms with Crippen LogP contribution in [0.4, 0.5) is 5.69 Å². The van der Waals surface area contributed by atoms with E-state index in [0.717, 1.165) is 34.5 Å². The predicted molar refractivity (Wildman–Crippen MR) is 132 cm³/mol. The summed E-state index contributed by atoms with van der Waals surface area (Å²) in [6, 6.07) is 19.6. The molecule has 3 atom stereocenters. The van der Waals surface area contributed by atoms with Crippen LogP contribution in [-0.2, 0) is 0 Å². The Bertz CT molecular complexity index is 1270. The molecule has 7 heteroatoms. The number of aliphatic hydroxyl groups is 1. The molecule has 1 saturated heterocycles. The van der Waals surface area contributed by atoms with Gasteiger partial charge in [0.1, 0.15) is 5.75 Å². The number of hydrogen-bond acceptors (Lipinski definition) is 6. The van der Waals surface area contributed by atoms with Gasteiger partial charge in [0.15, 0.2) is 11.5 Å². The summed E-state index contributed by atoms with van der Waals surface area (Å²) in [6.07, 6.45) is 0.836. The Kier molecular flexibility index (Phi) is 5.29. The summed E-state index contributed by atoms with van der Waals surface area (Å²) in [7, 11) is 3.69. The van der Waals surface area contributed by atoms with Crippen molar-refractivity contribution < 1.29 is 24.1 Å².